The molecule has 104 valence electrons. The number of hydrogen-bond acceptors (Lipinski definition) is 2. The summed E-state index contributed by atoms with van der Waals surface area (Å²) in [6.45, 7) is 0. The second-order valence-corrected chi connectivity index (χ2v) is 7.37. The number of H-pyrrole nitrogens is 1. The van der Waals surface area contributed by atoms with Gasteiger partial charge in [-0.15, -0.1) is 0 Å². The first-order valence-electron chi connectivity index (χ1n) is 6.29. The van der Waals surface area contributed by atoms with Gasteiger partial charge in [0, 0.05) is 69.9 Å². The van der Waals surface area contributed by atoms with Crippen LogP contribution in [0.25, 0.3) is 33.1 Å². The van der Waals surface area contributed by atoms with Gasteiger partial charge in [-0.1, -0.05) is 6.07 Å². The van der Waals surface area contributed by atoms with E-state index in [1.165, 1.54) is 16.5 Å². The Morgan fingerprint density at radius 3 is 3.00 bits per heavy atom. The molecular weight excluding hydrogens is 461 g/mol. The zero-order valence-electron chi connectivity index (χ0n) is 10.7. The highest BCUT2D eigenvalue weighted by molar-refractivity contribution is 14.2. The van der Waals surface area contributed by atoms with Gasteiger partial charge in [-0.25, -0.2) is 4.98 Å². The topological polar surface area (TPSA) is 33.6 Å². The van der Waals surface area contributed by atoms with E-state index in [2.05, 4.69) is 87.6 Å². The number of nitrogens with one attached hydrogen (secondary N) is 1. The van der Waals surface area contributed by atoms with Crippen molar-refractivity contribution >= 4 is 68.2 Å². The molecule has 0 aliphatic heterocycles. The van der Waals surface area contributed by atoms with Crippen LogP contribution in [0.2, 0.25) is 0 Å². The Hall–Kier alpha value is -0.990. The number of hydrogen-bond donors (Lipinski definition) is 1. The Labute approximate surface area is 146 Å². The van der Waals surface area contributed by atoms with Gasteiger partial charge in [0.1, 0.15) is 0 Å². The molecule has 0 saturated heterocycles. The van der Waals surface area contributed by atoms with Gasteiger partial charge in [-0.3, -0.25) is 3.97 Å². The quantitative estimate of drug-likeness (QED) is 0.377. The fourth-order valence-electron chi connectivity index (χ4n) is 2.56. The van der Waals surface area contributed by atoms with Crippen molar-refractivity contribution in [3.05, 3.63) is 53.4 Å². The molecule has 3 nitrogen and oxygen atoms in total. The zero-order valence-corrected chi connectivity index (χ0v) is 15.2. The number of aromatic nitrogens is 3. The molecule has 4 aromatic rings. The summed E-state index contributed by atoms with van der Waals surface area (Å²) in [5.41, 5.74) is 4.55. The van der Waals surface area contributed by atoms with Crippen molar-refractivity contribution in [2.75, 3.05) is 0 Å². The maximum atomic E-state index is 4.53. The molecule has 0 aliphatic rings. The van der Waals surface area contributed by atoms with Crippen LogP contribution in [-0.2, 0) is 0 Å². The van der Waals surface area contributed by atoms with Gasteiger partial charge in [-0.05, 0) is 51.1 Å². The summed E-state index contributed by atoms with van der Waals surface area (Å²) in [5.74, 6) is 0. The van der Waals surface area contributed by atoms with E-state index in [0.717, 1.165) is 21.0 Å². The third-order valence-corrected chi connectivity index (χ3v) is 5.65. The first-order chi connectivity index (χ1) is 10.3. The van der Waals surface area contributed by atoms with Gasteiger partial charge < -0.3 is 4.98 Å². The minimum absolute atomic E-state index is 0.988. The Morgan fingerprint density at radius 2 is 2.14 bits per heavy atom. The largest absolute Gasteiger partial charge is 0.361 e. The molecule has 0 unspecified atom stereocenters. The maximum Gasteiger partial charge on any atom is 0.151 e. The fourth-order valence-corrected chi connectivity index (χ4v) is 4.15. The van der Waals surface area contributed by atoms with Crippen molar-refractivity contribution in [2.24, 2.45) is 0 Å². The lowest BCUT2D eigenvalue weighted by Crippen LogP contribution is -1.82. The van der Waals surface area contributed by atoms with E-state index in [1.807, 2.05) is 12.4 Å². The molecule has 21 heavy (non-hydrogen) atoms. The molecule has 3 aromatic heterocycles. The van der Waals surface area contributed by atoms with E-state index in [1.54, 1.807) is 9.12 Å². The number of aromatic amines is 1. The number of nitrogens with zero attached hydrogens (tertiary/aromatic N) is 2. The molecule has 0 atom stereocenters. The van der Waals surface area contributed by atoms with Crippen LogP contribution in [0.1, 0.15) is 0 Å². The fraction of sp³-hybridized carbons (Fsp3) is 0. The van der Waals surface area contributed by atoms with Crippen LogP contribution in [-0.4, -0.2) is 13.9 Å². The summed E-state index contributed by atoms with van der Waals surface area (Å²) < 4.78 is 3.09. The summed E-state index contributed by atoms with van der Waals surface area (Å²) >= 11 is 5.80. The van der Waals surface area contributed by atoms with E-state index in [0.29, 0.717) is 0 Å². The van der Waals surface area contributed by atoms with Crippen LogP contribution in [0.5, 0.6) is 0 Å². The van der Waals surface area contributed by atoms with Gasteiger partial charge in [0.05, 0.1) is 0 Å². The van der Waals surface area contributed by atoms with E-state index in [4.69, 9.17) is 0 Å². The molecule has 3 heterocycles. The molecule has 0 radical (unpaired) electrons. The summed E-state index contributed by atoms with van der Waals surface area (Å²) in [6.07, 6.45) is 5.95. The molecule has 1 N–H and O–H groups in total. The normalized spacial score (nSPS) is 11.5. The second kappa shape index (κ2) is 5.33. The number of rotatable bonds is 2. The van der Waals surface area contributed by atoms with Crippen LogP contribution >= 0.6 is 46.3 Å². The molecule has 0 bridgehead atoms. The van der Waals surface area contributed by atoms with Crippen molar-refractivity contribution in [3.8, 4) is 11.1 Å². The van der Waals surface area contributed by atoms with E-state index in [9.17, 15) is 0 Å². The lowest BCUT2D eigenvalue weighted by molar-refractivity contribution is 1.26. The lowest BCUT2D eigenvalue weighted by atomic mass is 10.0. The van der Waals surface area contributed by atoms with E-state index >= 15 is 0 Å². The average molecular weight is 470 g/mol. The zero-order chi connectivity index (χ0) is 14.4. The Balaban J connectivity index is 2.02. The van der Waals surface area contributed by atoms with Crippen LogP contribution in [0.3, 0.4) is 0 Å². The molecule has 0 fully saturated rings. The van der Waals surface area contributed by atoms with Crippen LogP contribution in [0.15, 0.2) is 53.4 Å². The molecule has 4 rings (SSSR count). The summed E-state index contributed by atoms with van der Waals surface area (Å²) in [4.78, 5) is 7.76. The third kappa shape index (κ3) is 2.29. The Bertz CT molecular complexity index is 960. The molecule has 0 saturated carbocycles. The van der Waals surface area contributed by atoms with Crippen molar-refractivity contribution < 1.29 is 0 Å². The van der Waals surface area contributed by atoms with E-state index in [-0.39, 0.29) is 0 Å². The highest BCUT2D eigenvalue weighted by Crippen LogP contribution is 2.35. The predicted molar refractivity (Wildman–Crippen MR) is 102 cm³/mol. The minimum atomic E-state index is 0.988. The van der Waals surface area contributed by atoms with Crippen molar-refractivity contribution in [2.45, 2.75) is 0 Å². The third-order valence-electron chi connectivity index (χ3n) is 3.52. The van der Waals surface area contributed by atoms with Gasteiger partial charge in [-0.2, -0.15) is 0 Å². The SMILES string of the molecule is Brc1cnc2c(c1)c(-c1ccc3[nH]ccc3c1)cn2SI. The minimum Gasteiger partial charge on any atom is -0.361 e. The highest BCUT2D eigenvalue weighted by atomic mass is 127. The van der Waals surface area contributed by atoms with Gasteiger partial charge in [0.15, 0.2) is 5.65 Å². The van der Waals surface area contributed by atoms with Gasteiger partial charge in [0.25, 0.3) is 0 Å². The summed E-state index contributed by atoms with van der Waals surface area (Å²) in [7, 11) is 1.63. The molecule has 1 aromatic carbocycles. The second-order valence-electron chi connectivity index (χ2n) is 4.74. The Kier molecular flexibility index (Phi) is 3.47. The smallest absolute Gasteiger partial charge is 0.151 e. The number of pyridine rings is 1. The van der Waals surface area contributed by atoms with Crippen LogP contribution in [0, 0.1) is 0 Å². The molecular formula is C15H9BrIN3S. The maximum absolute atomic E-state index is 4.53. The van der Waals surface area contributed by atoms with E-state index < -0.39 is 0 Å². The monoisotopic (exact) mass is 469 g/mol. The van der Waals surface area contributed by atoms with Crippen molar-refractivity contribution in [1.29, 1.82) is 0 Å². The van der Waals surface area contributed by atoms with Crippen molar-refractivity contribution in [3.63, 3.8) is 0 Å². The molecule has 0 spiro atoms. The number of fused-ring (bicyclic) bond motifs is 2. The lowest BCUT2D eigenvalue weighted by Gasteiger charge is -2.00. The van der Waals surface area contributed by atoms with Crippen LogP contribution < -0.4 is 0 Å². The predicted octanol–water partition coefficient (Wildman–Crippen LogP) is 5.79. The standard InChI is InChI=1S/C15H9BrIN3S/c16-11-6-12-13(8-20(21-17)15(12)19-7-11)9-1-2-14-10(5-9)3-4-18-14/h1-8,18H. The van der Waals surface area contributed by atoms with Crippen LogP contribution in [0.4, 0.5) is 0 Å². The number of halogens is 2. The molecule has 0 amide bonds. The summed E-state index contributed by atoms with van der Waals surface area (Å²) in [5, 5.41) is 2.38. The Morgan fingerprint density at radius 1 is 1.24 bits per heavy atom. The highest BCUT2D eigenvalue weighted by Gasteiger charge is 2.12. The van der Waals surface area contributed by atoms with Gasteiger partial charge in [0.2, 0.25) is 0 Å². The van der Waals surface area contributed by atoms with Crippen molar-refractivity contribution in [1.82, 2.24) is 13.9 Å². The first-order valence-corrected chi connectivity index (χ1v) is 10.4. The number of benzene rings is 1. The van der Waals surface area contributed by atoms with Gasteiger partial charge >= 0.3 is 0 Å². The average Bonchev–Trinajstić information content (AvgIpc) is 3.09. The summed E-state index contributed by atoms with van der Waals surface area (Å²) in [6, 6.07) is 10.7. The molecule has 0 aliphatic carbocycles. The first kappa shape index (κ1) is 13.7. The molecule has 6 heteroatoms.